The lowest BCUT2D eigenvalue weighted by molar-refractivity contribution is -0.138. The van der Waals surface area contributed by atoms with Crippen LogP contribution in [0.3, 0.4) is 0 Å². The van der Waals surface area contributed by atoms with Crippen LogP contribution in [0.2, 0.25) is 0 Å². The fourth-order valence-electron chi connectivity index (χ4n) is 5.40. The Kier molecular flexibility index (Phi) is 8.06. The van der Waals surface area contributed by atoms with Crippen LogP contribution < -0.4 is 10.6 Å². The number of rotatable bonds is 10. The number of carbonyl (C=O) groups is 3. The first-order valence-electron chi connectivity index (χ1n) is 12.5. The summed E-state index contributed by atoms with van der Waals surface area (Å²) in [5.41, 5.74) is 4.73. The number of amides is 2. The molecule has 0 aliphatic heterocycles. The zero-order valence-corrected chi connectivity index (χ0v) is 20.2. The first-order chi connectivity index (χ1) is 16.9. The molecular weight excluding hydrogens is 444 g/mol. The monoisotopic (exact) mass is 478 g/mol. The van der Waals surface area contributed by atoms with Crippen molar-refractivity contribution in [1.82, 2.24) is 10.6 Å². The summed E-state index contributed by atoms with van der Waals surface area (Å²) in [5, 5.41) is 14.9. The third-order valence-corrected chi connectivity index (χ3v) is 7.30. The Balaban J connectivity index is 1.17. The second-order valence-corrected chi connectivity index (χ2v) is 9.70. The maximum absolute atomic E-state index is 12.5. The molecule has 4 rings (SSSR count). The normalized spacial score (nSPS) is 19.5. The minimum atomic E-state index is -0.816. The highest BCUT2D eigenvalue weighted by atomic mass is 16.5. The zero-order chi connectivity index (χ0) is 24.8. The van der Waals surface area contributed by atoms with E-state index in [2.05, 4.69) is 34.9 Å². The fourth-order valence-corrected chi connectivity index (χ4v) is 5.40. The van der Waals surface area contributed by atoms with Gasteiger partial charge in [0.15, 0.2) is 0 Å². The standard InChI is InChI=1S/C28H34N2O5/c1-18(27(33)30-25-14-6-9-19(25)16-26(31)32)8-7-15-29-28(34)35-17-24-22-12-4-2-10-20(22)21-11-3-5-13-23(21)24/h2-5,10-13,18-19,24-25H,6-9,14-17H2,1H3,(H,29,34)(H,30,33)(H,31,32)/t18?,19-,25+/m0/s1. The number of hydrogen-bond acceptors (Lipinski definition) is 4. The fraction of sp³-hybridized carbons (Fsp3) is 0.464. The summed E-state index contributed by atoms with van der Waals surface area (Å²) in [6.07, 6.45) is 3.56. The number of ether oxygens (including phenoxy) is 1. The lowest BCUT2D eigenvalue weighted by atomic mass is 9.98. The molecule has 2 aromatic carbocycles. The van der Waals surface area contributed by atoms with Gasteiger partial charge in [-0.2, -0.15) is 0 Å². The maximum atomic E-state index is 12.5. The van der Waals surface area contributed by atoms with Gasteiger partial charge in [0.05, 0.1) is 6.42 Å². The largest absolute Gasteiger partial charge is 0.481 e. The SMILES string of the molecule is CC(CCCNC(=O)OCC1c2ccccc2-c2ccccc21)C(=O)N[C@@H]1CCC[C@H]1CC(=O)O. The van der Waals surface area contributed by atoms with Gasteiger partial charge in [0.1, 0.15) is 6.61 Å². The minimum absolute atomic E-state index is 0.0129. The molecule has 2 amide bonds. The number of carboxylic acid groups (broad SMARTS) is 1. The lowest BCUT2D eigenvalue weighted by Crippen LogP contribution is -2.41. The molecule has 3 N–H and O–H groups in total. The van der Waals surface area contributed by atoms with Crippen molar-refractivity contribution in [2.45, 2.75) is 57.4 Å². The van der Waals surface area contributed by atoms with Crippen LogP contribution in [0, 0.1) is 11.8 Å². The average molecular weight is 479 g/mol. The quantitative estimate of drug-likeness (QED) is 0.429. The Bertz CT molecular complexity index is 1020. The molecule has 1 unspecified atom stereocenters. The van der Waals surface area contributed by atoms with E-state index in [1.807, 2.05) is 31.2 Å². The first kappa shape index (κ1) is 24.8. The molecule has 3 atom stereocenters. The Morgan fingerprint density at radius 2 is 1.69 bits per heavy atom. The number of nitrogens with one attached hydrogen (secondary N) is 2. The molecule has 0 aromatic heterocycles. The van der Waals surface area contributed by atoms with Crippen LogP contribution in [0.4, 0.5) is 4.79 Å². The van der Waals surface area contributed by atoms with Crippen molar-refractivity contribution in [2.24, 2.45) is 11.8 Å². The summed E-state index contributed by atoms with van der Waals surface area (Å²) in [4.78, 5) is 35.9. The summed E-state index contributed by atoms with van der Waals surface area (Å²) in [6.45, 7) is 2.57. The summed E-state index contributed by atoms with van der Waals surface area (Å²) >= 11 is 0. The van der Waals surface area contributed by atoms with E-state index in [1.54, 1.807) is 0 Å². The number of alkyl carbamates (subject to hydrolysis) is 1. The van der Waals surface area contributed by atoms with Crippen LogP contribution in [0.5, 0.6) is 0 Å². The number of fused-ring (bicyclic) bond motifs is 3. The molecule has 35 heavy (non-hydrogen) atoms. The molecule has 0 radical (unpaired) electrons. The van der Waals surface area contributed by atoms with Gasteiger partial charge in [0, 0.05) is 24.4 Å². The second kappa shape index (κ2) is 11.4. The van der Waals surface area contributed by atoms with E-state index >= 15 is 0 Å². The third-order valence-electron chi connectivity index (χ3n) is 7.30. The van der Waals surface area contributed by atoms with Crippen LogP contribution in [-0.2, 0) is 14.3 Å². The van der Waals surface area contributed by atoms with E-state index in [4.69, 9.17) is 9.84 Å². The molecule has 0 heterocycles. The Morgan fingerprint density at radius 1 is 1.03 bits per heavy atom. The van der Waals surface area contributed by atoms with Crippen LogP contribution in [0.1, 0.15) is 62.5 Å². The molecule has 2 aliphatic rings. The van der Waals surface area contributed by atoms with Gasteiger partial charge in [-0.1, -0.05) is 61.9 Å². The highest BCUT2D eigenvalue weighted by Gasteiger charge is 2.31. The summed E-state index contributed by atoms with van der Waals surface area (Å²) in [5.74, 6) is -1.03. The summed E-state index contributed by atoms with van der Waals surface area (Å²) in [7, 11) is 0. The van der Waals surface area contributed by atoms with E-state index < -0.39 is 12.1 Å². The van der Waals surface area contributed by atoms with Gasteiger partial charge in [-0.25, -0.2) is 4.79 Å². The highest BCUT2D eigenvalue weighted by Crippen LogP contribution is 2.44. The van der Waals surface area contributed by atoms with Crippen LogP contribution in [0.25, 0.3) is 11.1 Å². The molecule has 7 nitrogen and oxygen atoms in total. The molecule has 1 saturated carbocycles. The predicted octanol–water partition coefficient (Wildman–Crippen LogP) is 4.70. The first-order valence-corrected chi connectivity index (χ1v) is 12.5. The molecule has 2 aromatic rings. The molecule has 2 aliphatic carbocycles. The Hall–Kier alpha value is -3.35. The molecule has 186 valence electrons. The number of carboxylic acids is 1. The van der Waals surface area contributed by atoms with E-state index in [0.717, 1.165) is 19.3 Å². The highest BCUT2D eigenvalue weighted by molar-refractivity contribution is 5.79. The number of hydrogen-bond donors (Lipinski definition) is 3. The van der Waals surface area contributed by atoms with Crippen molar-refractivity contribution in [3.63, 3.8) is 0 Å². The van der Waals surface area contributed by atoms with Crippen LogP contribution in [-0.4, -0.2) is 42.3 Å². The predicted molar refractivity (Wildman–Crippen MR) is 133 cm³/mol. The smallest absolute Gasteiger partial charge is 0.407 e. The van der Waals surface area contributed by atoms with Gasteiger partial charge >= 0.3 is 12.1 Å². The third kappa shape index (κ3) is 6.02. The van der Waals surface area contributed by atoms with Gasteiger partial charge < -0.3 is 20.5 Å². The lowest BCUT2D eigenvalue weighted by Gasteiger charge is -2.22. The summed E-state index contributed by atoms with van der Waals surface area (Å²) in [6, 6.07) is 16.4. The molecule has 0 saturated heterocycles. The van der Waals surface area contributed by atoms with Crippen molar-refractivity contribution < 1.29 is 24.2 Å². The van der Waals surface area contributed by atoms with E-state index in [9.17, 15) is 14.4 Å². The van der Waals surface area contributed by atoms with Crippen LogP contribution in [0.15, 0.2) is 48.5 Å². The van der Waals surface area contributed by atoms with Crippen LogP contribution >= 0.6 is 0 Å². The molecule has 0 spiro atoms. The van der Waals surface area contributed by atoms with Crippen molar-refractivity contribution in [2.75, 3.05) is 13.2 Å². The Labute approximate surface area is 206 Å². The van der Waals surface area contributed by atoms with E-state index in [0.29, 0.717) is 19.4 Å². The van der Waals surface area contributed by atoms with Crippen molar-refractivity contribution in [3.05, 3.63) is 59.7 Å². The van der Waals surface area contributed by atoms with Crippen molar-refractivity contribution >= 4 is 18.0 Å². The van der Waals surface area contributed by atoms with E-state index in [1.165, 1.54) is 22.3 Å². The van der Waals surface area contributed by atoms with E-state index in [-0.39, 0.29) is 42.7 Å². The molecule has 0 bridgehead atoms. The van der Waals surface area contributed by atoms with Gasteiger partial charge in [0.2, 0.25) is 5.91 Å². The number of carbonyl (C=O) groups excluding carboxylic acids is 2. The van der Waals surface area contributed by atoms with Gasteiger partial charge in [-0.15, -0.1) is 0 Å². The summed E-state index contributed by atoms with van der Waals surface area (Å²) < 4.78 is 5.55. The Morgan fingerprint density at radius 3 is 2.34 bits per heavy atom. The molecule has 7 heteroatoms. The van der Waals surface area contributed by atoms with Crippen molar-refractivity contribution in [3.8, 4) is 11.1 Å². The average Bonchev–Trinajstić information content (AvgIpc) is 3.41. The number of aliphatic carboxylic acids is 1. The molecular formula is C28H34N2O5. The van der Waals surface area contributed by atoms with Gasteiger partial charge in [0.25, 0.3) is 0 Å². The number of benzene rings is 2. The second-order valence-electron chi connectivity index (χ2n) is 9.70. The molecule has 1 fully saturated rings. The zero-order valence-electron chi connectivity index (χ0n) is 20.2. The maximum Gasteiger partial charge on any atom is 0.407 e. The topological polar surface area (TPSA) is 105 Å². The minimum Gasteiger partial charge on any atom is -0.481 e. The van der Waals surface area contributed by atoms with Gasteiger partial charge in [-0.05, 0) is 53.9 Å². The van der Waals surface area contributed by atoms with Gasteiger partial charge in [-0.3, -0.25) is 9.59 Å². The van der Waals surface area contributed by atoms with Crippen molar-refractivity contribution in [1.29, 1.82) is 0 Å².